The molecule has 0 saturated heterocycles. The topological polar surface area (TPSA) is 99.5 Å². The summed E-state index contributed by atoms with van der Waals surface area (Å²) < 4.78 is 0. The minimum absolute atomic E-state index is 0.0841. The molecule has 1 N–H and O–H groups in total. The van der Waals surface area contributed by atoms with Crippen molar-refractivity contribution in [1.82, 2.24) is 0 Å². The van der Waals surface area contributed by atoms with Crippen molar-refractivity contribution in [3.63, 3.8) is 0 Å². The van der Waals surface area contributed by atoms with Gasteiger partial charge in [0.05, 0.1) is 10.5 Å². The molecule has 1 aromatic heterocycles. The highest BCUT2D eigenvalue weighted by atomic mass is 32.1. The third kappa shape index (κ3) is 2.94. The van der Waals surface area contributed by atoms with Crippen molar-refractivity contribution in [2.75, 3.05) is 0 Å². The fourth-order valence-electron chi connectivity index (χ4n) is 2.64. The highest BCUT2D eigenvalue weighted by Gasteiger charge is 2.20. The van der Waals surface area contributed by atoms with Gasteiger partial charge >= 0.3 is 0 Å². The number of rotatable bonds is 3. The Hall–Kier alpha value is -2.72. The first-order valence-electron chi connectivity index (χ1n) is 7.16. The third-order valence-electron chi connectivity index (χ3n) is 3.81. The molecule has 0 spiro atoms. The van der Waals surface area contributed by atoms with Crippen molar-refractivity contribution >= 4 is 28.2 Å². The average Bonchev–Trinajstić information content (AvgIpc) is 2.91. The number of hydrogen-bond acceptors (Lipinski definition) is 6. The van der Waals surface area contributed by atoms with Gasteiger partial charge in [-0.1, -0.05) is 0 Å². The summed E-state index contributed by atoms with van der Waals surface area (Å²) in [6.45, 7) is 0. The molecule has 0 unspecified atom stereocenters. The van der Waals surface area contributed by atoms with Crippen LogP contribution in [0.2, 0.25) is 0 Å². The highest BCUT2D eigenvalue weighted by molar-refractivity contribution is 7.16. The first kappa shape index (κ1) is 15.2. The lowest BCUT2D eigenvalue weighted by atomic mass is 9.96. The van der Waals surface area contributed by atoms with E-state index in [1.54, 1.807) is 0 Å². The van der Waals surface area contributed by atoms with Crippen LogP contribution in [0, 0.1) is 21.4 Å². The Morgan fingerprint density at radius 1 is 1.39 bits per heavy atom. The van der Waals surface area contributed by atoms with Crippen molar-refractivity contribution in [1.29, 1.82) is 5.26 Å². The second kappa shape index (κ2) is 6.18. The zero-order valence-corrected chi connectivity index (χ0v) is 13.0. The summed E-state index contributed by atoms with van der Waals surface area (Å²) in [6, 6.07) is 5.97. The second-order valence-electron chi connectivity index (χ2n) is 5.26. The van der Waals surface area contributed by atoms with Gasteiger partial charge in [0.1, 0.15) is 16.8 Å². The van der Waals surface area contributed by atoms with Crippen molar-refractivity contribution in [2.45, 2.75) is 25.7 Å². The zero-order chi connectivity index (χ0) is 16.4. The van der Waals surface area contributed by atoms with Gasteiger partial charge in [-0.05, 0) is 37.3 Å². The fourth-order valence-corrected chi connectivity index (χ4v) is 3.83. The fraction of sp³-hybridized carbons (Fsp3) is 0.250. The molecule has 23 heavy (non-hydrogen) atoms. The quantitative estimate of drug-likeness (QED) is 0.525. The molecule has 0 amide bonds. The Balaban J connectivity index is 1.98. The number of nitrogens with zero attached hydrogens (tertiary/aromatic N) is 3. The number of non-ortho nitro benzene ring substituents is 1. The van der Waals surface area contributed by atoms with E-state index in [0.29, 0.717) is 10.6 Å². The molecule has 0 fully saturated rings. The van der Waals surface area contributed by atoms with Gasteiger partial charge in [-0.15, -0.1) is 11.3 Å². The molecule has 1 aliphatic carbocycles. The number of benzene rings is 1. The molecule has 3 rings (SSSR count). The smallest absolute Gasteiger partial charge is 0.270 e. The van der Waals surface area contributed by atoms with Crippen LogP contribution in [0.1, 0.15) is 34.4 Å². The molecular weight excluding hydrogens is 314 g/mol. The van der Waals surface area contributed by atoms with E-state index in [1.165, 1.54) is 40.6 Å². The summed E-state index contributed by atoms with van der Waals surface area (Å²) in [6.07, 6.45) is 5.43. The van der Waals surface area contributed by atoms with Crippen molar-refractivity contribution in [3.05, 3.63) is 49.9 Å². The van der Waals surface area contributed by atoms with Crippen LogP contribution in [-0.2, 0) is 12.8 Å². The Morgan fingerprint density at radius 3 is 2.91 bits per heavy atom. The largest absolute Gasteiger partial charge is 0.507 e. The summed E-state index contributed by atoms with van der Waals surface area (Å²) in [5.41, 5.74) is 1.81. The Labute approximate surface area is 136 Å². The Morgan fingerprint density at radius 2 is 2.17 bits per heavy atom. The van der Waals surface area contributed by atoms with Gasteiger partial charge in [0.15, 0.2) is 0 Å². The Kier molecular flexibility index (Phi) is 4.08. The molecule has 1 aliphatic rings. The maximum atomic E-state index is 10.8. The number of aromatic hydroxyl groups is 1. The van der Waals surface area contributed by atoms with E-state index >= 15 is 0 Å². The van der Waals surface area contributed by atoms with Crippen LogP contribution in [0.25, 0.3) is 0 Å². The molecule has 2 aromatic rings. The summed E-state index contributed by atoms with van der Waals surface area (Å²) in [4.78, 5) is 15.8. The average molecular weight is 327 g/mol. The molecular formula is C16H13N3O3S. The minimum atomic E-state index is -0.526. The van der Waals surface area contributed by atoms with Crippen LogP contribution in [-0.4, -0.2) is 16.2 Å². The number of phenols is 1. The third-order valence-corrected chi connectivity index (χ3v) is 5.01. The first-order chi connectivity index (χ1) is 11.1. The molecule has 0 saturated carbocycles. The van der Waals surface area contributed by atoms with Crippen molar-refractivity contribution in [2.24, 2.45) is 4.99 Å². The number of nitro groups is 1. The molecule has 1 aromatic carbocycles. The van der Waals surface area contributed by atoms with E-state index in [-0.39, 0.29) is 17.0 Å². The number of fused-ring (bicyclic) bond motifs is 1. The highest BCUT2D eigenvalue weighted by Crippen LogP contribution is 2.39. The summed E-state index contributed by atoms with van der Waals surface area (Å²) in [5, 5.41) is 30.6. The van der Waals surface area contributed by atoms with E-state index in [9.17, 15) is 20.5 Å². The predicted molar refractivity (Wildman–Crippen MR) is 87.7 cm³/mol. The summed E-state index contributed by atoms with van der Waals surface area (Å²) >= 11 is 1.49. The van der Waals surface area contributed by atoms with Gasteiger partial charge in [0, 0.05) is 28.8 Å². The number of thiophene rings is 1. The van der Waals surface area contributed by atoms with Gasteiger partial charge in [-0.25, -0.2) is 4.99 Å². The van der Waals surface area contributed by atoms with Crippen LogP contribution in [0.15, 0.2) is 23.2 Å². The minimum Gasteiger partial charge on any atom is -0.507 e. The number of hydrogen-bond donors (Lipinski definition) is 1. The molecule has 116 valence electrons. The van der Waals surface area contributed by atoms with E-state index in [2.05, 4.69) is 11.1 Å². The summed E-state index contributed by atoms with van der Waals surface area (Å²) in [5.74, 6) is -0.0841. The van der Waals surface area contributed by atoms with Gasteiger partial charge in [0.25, 0.3) is 5.69 Å². The predicted octanol–water partition coefficient (Wildman–Crippen LogP) is 3.86. The SMILES string of the molecule is N#Cc1c(/N=C/c2cc([N+](=O)[O-])ccc2O)sc2c1CCCC2. The normalized spacial score (nSPS) is 13.7. The lowest BCUT2D eigenvalue weighted by molar-refractivity contribution is -0.384. The van der Waals surface area contributed by atoms with Crippen LogP contribution in [0.4, 0.5) is 10.7 Å². The number of aryl methyl sites for hydroxylation is 1. The van der Waals surface area contributed by atoms with Gasteiger partial charge in [-0.3, -0.25) is 10.1 Å². The molecule has 7 heteroatoms. The standard InChI is InChI=1S/C16H13N3O3S/c17-8-13-12-3-1-2-4-15(12)23-16(13)18-9-10-7-11(19(21)22)5-6-14(10)20/h5-7,9,20H,1-4H2/b18-9+. The van der Waals surface area contributed by atoms with Crippen LogP contribution in [0.3, 0.4) is 0 Å². The van der Waals surface area contributed by atoms with E-state index in [1.807, 2.05) is 0 Å². The van der Waals surface area contributed by atoms with Crippen LogP contribution < -0.4 is 0 Å². The summed E-state index contributed by atoms with van der Waals surface area (Å²) in [7, 11) is 0. The van der Waals surface area contributed by atoms with Crippen LogP contribution >= 0.6 is 11.3 Å². The van der Waals surface area contributed by atoms with E-state index in [0.717, 1.165) is 31.2 Å². The number of phenolic OH excluding ortho intramolecular Hbond substituents is 1. The number of nitro benzene ring substituents is 1. The van der Waals surface area contributed by atoms with Gasteiger partial charge in [0.2, 0.25) is 0 Å². The molecule has 0 aliphatic heterocycles. The number of nitriles is 1. The van der Waals surface area contributed by atoms with E-state index < -0.39 is 4.92 Å². The molecule has 0 atom stereocenters. The maximum Gasteiger partial charge on any atom is 0.270 e. The maximum absolute atomic E-state index is 10.8. The molecule has 6 nitrogen and oxygen atoms in total. The van der Waals surface area contributed by atoms with Crippen LogP contribution in [0.5, 0.6) is 5.75 Å². The van der Waals surface area contributed by atoms with Crippen molar-refractivity contribution in [3.8, 4) is 11.8 Å². The van der Waals surface area contributed by atoms with Gasteiger partial charge < -0.3 is 5.11 Å². The Bertz CT molecular complexity index is 849. The molecule has 0 bridgehead atoms. The molecule has 0 radical (unpaired) electrons. The lowest BCUT2D eigenvalue weighted by Gasteiger charge is -2.09. The second-order valence-corrected chi connectivity index (χ2v) is 6.34. The van der Waals surface area contributed by atoms with E-state index in [4.69, 9.17) is 0 Å². The monoisotopic (exact) mass is 327 g/mol. The van der Waals surface area contributed by atoms with Gasteiger partial charge in [-0.2, -0.15) is 5.26 Å². The number of aliphatic imine (C=N–C) groups is 1. The van der Waals surface area contributed by atoms with Crippen molar-refractivity contribution < 1.29 is 10.0 Å². The first-order valence-corrected chi connectivity index (χ1v) is 7.98. The lowest BCUT2D eigenvalue weighted by Crippen LogP contribution is -1.99. The molecule has 1 heterocycles. The zero-order valence-electron chi connectivity index (χ0n) is 12.2.